The predicted molar refractivity (Wildman–Crippen MR) is 98.7 cm³/mol. The largest absolute Gasteiger partial charge is 0.394 e. The normalized spacial score (nSPS) is 30.6. The highest BCUT2D eigenvalue weighted by Gasteiger charge is 2.46. The van der Waals surface area contributed by atoms with Gasteiger partial charge in [-0.15, -0.1) is 12.6 Å². The van der Waals surface area contributed by atoms with E-state index in [4.69, 9.17) is 18.9 Å². The molecule has 1 saturated heterocycles. The minimum atomic E-state index is -0.429. The Morgan fingerprint density at radius 1 is 0.792 bits per heavy atom. The average Bonchev–Trinajstić information content (AvgIpc) is 2.58. The van der Waals surface area contributed by atoms with Crippen molar-refractivity contribution in [2.75, 3.05) is 26.4 Å². The molecule has 3 unspecified atom stereocenters. The second-order valence-corrected chi connectivity index (χ2v) is 6.82. The summed E-state index contributed by atoms with van der Waals surface area (Å²) in [5, 5.41) is 9.69. The lowest BCUT2D eigenvalue weighted by atomic mass is 9.99. The lowest BCUT2D eigenvalue weighted by Gasteiger charge is -2.44. The van der Waals surface area contributed by atoms with Crippen molar-refractivity contribution in [2.45, 2.75) is 89.1 Å². The molecule has 1 aliphatic rings. The van der Waals surface area contributed by atoms with E-state index in [0.29, 0.717) is 19.8 Å². The first-order valence-electron chi connectivity index (χ1n) is 9.48. The van der Waals surface area contributed by atoms with E-state index in [1.165, 1.54) is 0 Å². The fourth-order valence-corrected chi connectivity index (χ4v) is 3.11. The molecule has 0 radical (unpaired) electrons. The first kappa shape index (κ1) is 22.2. The predicted octanol–water partition coefficient (Wildman–Crippen LogP) is 3.19. The second-order valence-electron chi connectivity index (χ2n) is 6.31. The number of hydrogen-bond donors (Lipinski definition) is 2. The Morgan fingerprint density at radius 2 is 1.25 bits per heavy atom. The molecule has 0 aromatic rings. The maximum atomic E-state index is 9.69. The van der Waals surface area contributed by atoms with Gasteiger partial charge in [0.1, 0.15) is 29.9 Å². The number of unbranched alkanes of at least 4 members (excludes halogenated alkanes) is 3. The minimum Gasteiger partial charge on any atom is -0.394 e. The number of aliphatic hydroxyl groups excluding tert-OH is 1. The van der Waals surface area contributed by atoms with Crippen LogP contribution >= 0.6 is 12.6 Å². The summed E-state index contributed by atoms with van der Waals surface area (Å²) in [5.41, 5.74) is -0.420. The van der Waals surface area contributed by atoms with Gasteiger partial charge in [0.05, 0.1) is 6.61 Å². The molecule has 0 spiro atoms. The van der Waals surface area contributed by atoms with E-state index in [1.54, 1.807) is 0 Å². The molecule has 0 bridgehead atoms. The van der Waals surface area contributed by atoms with Crippen LogP contribution in [0.15, 0.2) is 0 Å². The van der Waals surface area contributed by atoms with E-state index in [0.717, 1.165) is 38.5 Å². The summed E-state index contributed by atoms with van der Waals surface area (Å²) in [6, 6.07) is 0. The van der Waals surface area contributed by atoms with Crippen LogP contribution in [0.4, 0.5) is 0 Å². The van der Waals surface area contributed by atoms with E-state index in [-0.39, 0.29) is 24.9 Å². The summed E-state index contributed by atoms with van der Waals surface area (Å²) >= 11 is 4.53. The zero-order valence-corrected chi connectivity index (χ0v) is 16.4. The topological polar surface area (TPSA) is 57.2 Å². The first-order chi connectivity index (χ1) is 11.7. The van der Waals surface area contributed by atoms with Crippen molar-refractivity contribution >= 4 is 12.6 Å². The molecule has 0 aromatic heterocycles. The van der Waals surface area contributed by atoms with Gasteiger partial charge in [0.15, 0.2) is 0 Å². The molecule has 0 amide bonds. The maximum Gasteiger partial charge on any atom is 0.129 e. The van der Waals surface area contributed by atoms with Crippen molar-refractivity contribution < 1.29 is 24.1 Å². The quantitative estimate of drug-likeness (QED) is 0.388. The standard InChI is InChI=1S/C18H36O5S/c1-4-7-10-20-15-14(13-19)23-18(24)17(22-12-9-6-3)16(15)21-11-8-5-2/h14-19,24H,4-13H2,1-3H3/t14?,15-,16?,17?,18+/m0/s1. The lowest BCUT2D eigenvalue weighted by molar-refractivity contribution is -0.244. The third kappa shape index (κ3) is 7.18. The third-order valence-electron chi connectivity index (χ3n) is 4.21. The Hall–Kier alpha value is 0.150. The third-order valence-corrected chi connectivity index (χ3v) is 4.63. The van der Waals surface area contributed by atoms with Crippen LogP contribution in [0.5, 0.6) is 0 Å². The molecule has 144 valence electrons. The van der Waals surface area contributed by atoms with Crippen LogP contribution in [0.25, 0.3) is 0 Å². The zero-order chi connectivity index (χ0) is 17.8. The van der Waals surface area contributed by atoms with Crippen LogP contribution < -0.4 is 0 Å². The van der Waals surface area contributed by atoms with Crippen LogP contribution in [0, 0.1) is 0 Å². The van der Waals surface area contributed by atoms with Crippen molar-refractivity contribution in [3.8, 4) is 0 Å². The monoisotopic (exact) mass is 364 g/mol. The van der Waals surface area contributed by atoms with E-state index in [1.807, 2.05) is 0 Å². The lowest BCUT2D eigenvalue weighted by Crippen LogP contribution is -2.60. The molecule has 1 heterocycles. The smallest absolute Gasteiger partial charge is 0.129 e. The molecule has 24 heavy (non-hydrogen) atoms. The zero-order valence-electron chi connectivity index (χ0n) is 15.5. The van der Waals surface area contributed by atoms with E-state index >= 15 is 0 Å². The van der Waals surface area contributed by atoms with Gasteiger partial charge in [0, 0.05) is 19.8 Å². The number of rotatable bonds is 13. The van der Waals surface area contributed by atoms with Crippen LogP contribution in [-0.2, 0) is 18.9 Å². The fourth-order valence-electron chi connectivity index (χ4n) is 2.70. The highest BCUT2D eigenvalue weighted by Crippen LogP contribution is 2.30. The summed E-state index contributed by atoms with van der Waals surface area (Å²) in [4.78, 5) is 0. The summed E-state index contributed by atoms with van der Waals surface area (Å²) < 4.78 is 24.0. The number of aliphatic hydroxyl groups is 1. The van der Waals surface area contributed by atoms with Crippen LogP contribution in [0.3, 0.4) is 0 Å². The van der Waals surface area contributed by atoms with Gasteiger partial charge >= 0.3 is 0 Å². The van der Waals surface area contributed by atoms with Gasteiger partial charge < -0.3 is 24.1 Å². The van der Waals surface area contributed by atoms with E-state index in [2.05, 4.69) is 33.4 Å². The van der Waals surface area contributed by atoms with Crippen molar-refractivity contribution in [1.82, 2.24) is 0 Å². The number of thiol groups is 1. The Bertz CT molecular complexity index is 305. The fraction of sp³-hybridized carbons (Fsp3) is 1.00. The van der Waals surface area contributed by atoms with Crippen molar-refractivity contribution in [3.63, 3.8) is 0 Å². The Kier molecular flexibility index (Phi) is 12.4. The van der Waals surface area contributed by atoms with Crippen molar-refractivity contribution in [1.29, 1.82) is 0 Å². The minimum absolute atomic E-state index is 0.108. The van der Waals surface area contributed by atoms with Crippen molar-refractivity contribution in [3.05, 3.63) is 0 Å². The van der Waals surface area contributed by atoms with E-state index < -0.39 is 11.5 Å². The number of ether oxygens (including phenoxy) is 4. The van der Waals surface area contributed by atoms with Gasteiger partial charge in [-0.3, -0.25) is 0 Å². The summed E-state index contributed by atoms with van der Waals surface area (Å²) in [6.45, 7) is 8.22. The Morgan fingerprint density at radius 3 is 1.71 bits per heavy atom. The molecule has 0 saturated carbocycles. The highest BCUT2D eigenvalue weighted by molar-refractivity contribution is 7.80. The summed E-state index contributed by atoms with van der Waals surface area (Å²) in [7, 11) is 0. The van der Waals surface area contributed by atoms with Crippen LogP contribution in [0.2, 0.25) is 0 Å². The van der Waals surface area contributed by atoms with Crippen molar-refractivity contribution in [2.24, 2.45) is 0 Å². The molecule has 5 nitrogen and oxygen atoms in total. The molecular formula is C18H36O5S. The van der Waals surface area contributed by atoms with Gasteiger partial charge in [-0.05, 0) is 19.3 Å². The Labute approximate surface area is 152 Å². The van der Waals surface area contributed by atoms with Gasteiger partial charge in [-0.1, -0.05) is 40.0 Å². The maximum absolute atomic E-state index is 9.69. The summed E-state index contributed by atoms with van der Waals surface area (Å²) in [6.07, 6.45) is 4.85. The number of hydrogen-bond acceptors (Lipinski definition) is 6. The molecule has 1 rings (SSSR count). The SMILES string of the molecule is CCCCOC1C(OCCCC)[C@@H](S)OC(CO)[C@@H]1OCCCC. The van der Waals surface area contributed by atoms with Crippen LogP contribution in [0.1, 0.15) is 59.3 Å². The summed E-state index contributed by atoms with van der Waals surface area (Å²) in [5.74, 6) is 0. The molecule has 6 heteroatoms. The van der Waals surface area contributed by atoms with Gasteiger partial charge in [-0.2, -0.15) is 0 Å². The highest BCUT2D eigenvalue weighted by atomic mass is 32.1. The van der Waals surface area contributed by atoms with Gasteiger partial charge in [0.2, 0.25) is 0 Å². The van der Waals surface area contributed by atoms with Gasteiger partial charge in [0.25, 0.3) is 0 Å². The molecule has 5 atom stereocenters. The Balaban J connectivity index is 2.79. The molecular weight excluding hydrogens is 328 g/mol. The molecule has 0 aliphatic carbocycles. The van der Waals surface area contributed by atoms with E-state index in [9.17, 15) is 5.11 Å². The molecule has 1 aliphatic heterocycles. The second kappa shape index (κ2) is 13.4. The van der Waals surface area contributed by atoms with Gasteiger partial charge in [-0.25, -0.2) is 0 Å². The molecule has 0 aromatic carbocycles. The average molecular weight is 365 g/mol. The van der Waals surface area contributed by atoms with Crippen LogP contribution in [-0.4, -0.2) is 61.4 Å². The molecule has 1 N–H and O–H groups in total. The molecule has 1 fully saturated rings. The first-order valence-corrected chi connectivity index (χ1v) is 10.00.